The molecule has 2 nitrogen and oxygen atoms in total. The zero-order valence-corrected chi connectivity index (χ0v) is 4.99. The monoisotopic (exact) mass is 144 g/mol. The molecular weight excluding hydrogens is 137 g/mol. The molecule has 0 amide bonds. The van der Waals surface area contributed by atoms with Gasteiger partial charge in [0.25, 0.3) is 5.79 Å². The van der Waals surface area contributed by atoms with Crippen LogP contribution in [0.25, 0.3) is 0 Å². The maximum absolute atomic E-state index is 11.5. The van der Waals surface area contributed by atoms with Gasteiger partial charge in [0.2, 0.25) is 0 Å². The highest BCUT2D eigenvalue weighted by atomic mass is 19.4. The Morgan fingerprint density at radius 2 is 1.67 bits per heavy atom. The number of hydrogen-bond donors (Lipinski definition) is 1. The van der Waals surface area contributed by atoms with Gasteiger partial charge in [-0.2, -0.15) is 13.2 Å². The smallest absolute Gasteiger partial charge is 0.359 e. The Morgan fingerprint density at radius 3 is 1.67 bits per heavy atom. The van der Waals surface area contributed by atoms with E-state index in [9.17, 15) is 13.2 Å². The van der Waals surface area contributed by atoms with Crippen molar-refractivity contribution in [2.75, 3.05) is 7.11 Å². The molecule has 0 aliphatic carbocycles. The van der Waals surface area contributed by atoms with Crippen LogP contribution in [0.15, 0.2) is 0 Å². The number of ether oxygens (including phenoxy) is 1. The average molecular weight is 144 g/mol. The standard InChI is InChI=1S/C4H7F3O2/c1-3(8,9-2)4(5,6)7/h8H,1-2H3. The molecule has 0 heterocycles. The number of hydrogen-bond acceptors (Lipinski definition) is 2. The Hall–Kier alpha value is -0.290. The zero-order chi connectivity index (χ0) is 7.71. The highest BCUT2D eigenvalue weighted by Gasteiger charge is 2.50. The molecule has 0 radical (unpaired) electrons. The molecule has 0 saturated carbocycles. The number of halogens is 3. The quantitative estimate of drug-likeness (QED) is 0.554. The minimum atomic E-state index is -4.72. The first kappa shape index (κ1) is 8.71. The predicted octanol–water partition coefficient (Wildman–Crippen LogP) is 0.904. The first-order chi connectivity index (χ1) is 3.81. The molecule has 0 rings (SSSR count). The van der Waals surface area contributed by atoms with Crippen molar-refractivity contribution in [3.63, 3.8) is 0 Å². The van der Waals surface area contributed by atoms with Crippen LogP contribution in [0, 0.1) is 0 Å². The third kappa shape index (κ3) is 1.83. The van der Waals surface area contributed by atoms with Gasteiger partial charge in [-0.25, -0.2) is 0 Å². The SMILES string of the molecule is COC(C)(O)C(F)(F)F. The molecular formula is C4H7F3O2. The van der Waals surface area contributed by atoms with Crippen LogP contribution in [0.4, 0.5) is 13.2 Å². The fraction of sp³-hybridized carbons (Fsp3) is 1.00. The van der Waals surface area contributed by atoms with Crippen molar-refractivity contribution in [1.29, 1.82) is 0 Å². The molecule has 0 spiro atoms. The molecule has 1 unspecified atom stereocenters. The molecule has 56 valence electrons. The van der Waals surface area contributed by atoms with Gasteiger partial charge in [-0.05, 0) is 6.92 Å². The largest absolute Gasteiger partial charge is 0.442 e. The molecule has 0 saturated heterocycles. The Kier molecular flexibility index (Phi) is 2.08. The maximum Gasteiger partial charge on any atom is 0.442 e. The maximum atomic E-state index is 11.5. The molecule has 0 aliphatic rings. The molecule has 1 atom stereocenters. The van der Waals surface area contributed by atoms with E-state index in [0.717, 1.165) is 7.11 Å². The Balaban J connectivity index is 4.14. The minimum absolute atomic E-state index is 0.535. The number of aliphatic hydroxyl groups is 1. The lowest BCUT2D eigenvalue weighted by atomic mass is 10.3. The van der Waals surface area contributed by atoms with Crippen molar-refractivity contribution < 1.29 is 23.0 Å². The summed E-state index contributed by atoms with van der Waals surface area (Å²) in [6.07, 6.45) is -4.72. The molecule has 9 heavy (non-hydrogen) atoms. The van der Waals surface area contributed by atoms with Crippen molar-refractivity contribution in [3.05, 3.63) is 0 Å². The van der Waals surface area contributed by atoms with Crippen LogP contribution in [0.5, 0.6) is 0 Å². The van der Waals surface area contributed by atoms with Gasteiger partial charge < -0.3 is 9.84 Å². The van der Waals surface area contributed by atoms with Crippen molar-refractivity contribution in [3.8, 4) is 0 Å². The van der Waals surface area contributed by atoms with Crippen molar-refractivity contribution >= 4 is 0 Å². The van der Waals surface area contributed by atoms with Crippen LogP contribution in [0.3, 0.4) is 0 Å². The number of rotatable bonds is 1. The lowest BCUT2D eigenvalue weighted by Crippen LogP contribution is -2.43. The molecule has 0 aliphatic heterocycles. The first-order valence-corrected chi connectivity index (χ1v) is 2.15. The average Bonchev–Trinajstić information content (AvgIpc) is 1.64. The summed E-state index contributed by atoms with van der Waals surface area (Å²) in [4.78, 5) is 0. The van der Waals surface area contributed by atoms with Crippen molar-refractivity contribution in [2.45, 2.75) is 18.9 Å². The molecule has 0 aromatic heterocycles. The molecule has 0 fully saturated rings. The van der Waals surface area contributed by atoms with Gasteiger partial charge in [0.15, 0.2) is 0 Å². The van der Waals surface area contributed by atoms with E-state index in [0.29, 0.717) is 6.92 Å². The fourth-order valence-corrected chi connectivity index (χ4v) is 0.116. The van der Waals surface area contributed by atoms with Crippen LogP contribution >= 0.6 is 0 Å². The number of methoxy groups -OCH3 is 1. The highest BCUT2D eigenvalue weighted by Crippen LogP contribution is 2.29. The first-order valence-electron chi connectivity index (χ1n) is 2.15. The van der Waals surface area contributed by atoms with E-state index in [-0.39, 0.29) is 0 Å². The van der Waals surface area contributed by atoms with Gasteiger partial charge in [0.1, 0.15) is 0 Å². The lowest BCUT2D eigenvalue weighted by molar-refractivity contribution is -0.348. The van der Waals surface area contributed by atoms with Crippen molar-refractivity contribution in [1.82, 2.24) is 0 Å². The van der Waals surface area contributed by atoms with E-state index < -0.39 is 12.0 Å². The van der Waals surface area contributed by atoms with E-state index >= 15 is 0 Å². The van der Waals surface area contributed by atoms with Crippen molar-refractivity contribution in [2.24, 2.45) is 0 Å². The van der Waals surface area contributed by atoms with Gasteiger partial charge in [-0.15, -0.1) is 0 Å². The van der Waals surface area contributed by atoms with Gasteiger partial charge >= 0.3 is 6.18 Å². The second-order valence-corrected chi connectivity index (χ2v) is 1.68. The summed E-state index contributed by atoms with van der Waals surface area (Å²) in [5, 5.41) is 8.31. The Bertz CT molecular complexity index is 96.5. The van der Waals surface area contributed by atoms with E-state index in [1.165, 1.54) is 0 Å². The van der Waals surface area contributed by atoms with Gasteiger partial charge in [-0.1, -0.05) is 0 Å². The molecule has 5 heteroatoms. The summed E-state index contributed by atoms with van der Waals surface area (Å²) < 4.78 is 38.1. The Labute approximate surface area is 50.2 Å². The minimum Gasteiger partial charge on any atom is -0.359 e. The van der Waals surface area contributed by atoms with E-state index in [1.54, 1.807) is 0 Å². The molecule has 0 aromatic rings. The second-order valence-electron chi connectivity index (χ2n) is 1.68. The van der Waals surface area contributed by atoms with Crippen LogP contribution in [-0.2, 0) is 4.74 Å². The third-order valence-electron chi connectivity index (χ3n) is 0.923. The Morgan fingerprint density at radius 1 is 1.33 bits per heavy atom. The molecule has 1 N–H and O–H groups in total. The number of alkyl halides is 3. The summed E-state index contributed by atoms with van der Waals surface area (Å²) >= 11 is 0. The van der Waals surface area contributed by atoms with Crippen LogP contribution in [0.1, 0.15) is 6.92 Å². The molecule has 0 bridgehead atoms. The summed E-state index contributed by atoms with van der Waals surface area (Å²) in [5.41, 5.74) is 0. The summed E-state index contributed by atoms with van der Waals surface area (Å²) in [7, 11) is 0.785. The van der Waals surface area contributed by atoms with Gasteiger partial charge in [-0.3, -0.25) is 0 Å². The van der Waals surface area contributed by atoms with E-state index in [1.807, 2.05) is 0 Å². The zero-order valence-electron chi connectivity index (χ0n) is 4.99. The summed E-state index contributed by atoms with van der Waals surface area (Å²) in [6, 6.07) is 0. The fourth-order valence-electron chi connectivity index (χ4n) is 0.116. The van der Waals surface area contributed by atoms with Crippen LogP contribution in [-0.4, -0.2) is 24.2 Å². The van der Waals surface area contributed by atoms with Gasteiger partial charge in [0, 0.05) is 7.11 Å². The lowest BCUT2D eigenvalue weighted by Gasteiger charge is -2.23. The van der Waals surface area contributed by atoms with Crippen LogP contribution < -0.4 is 0 Å². The van der Waals surface area contributed by atoms with Gasteiger partial charge in [0.05, 0.1) is 0 Å². The third-order valence-corrected chi connectivity index (χ3v) is 0.923. The molecule has 0 aromatic carbocycles. The summed E-state index contributed by atoms with van der Waals surface area (Å²) in [6.45, 7) is 0.535. The topological polar surface area (TPSA) is 29.5 Å². The normalized spacial score (nSPS) is 19.3. The van der Waals surface area contributed by atoms with E-state index in [4.69, 9.17) is 5.11 Å². The van der Waals surface area contributed by atoms with E-state index in [2.05, 4.69) is 4.74 Å². The second kappa shape index (κ2) is 2.15. The highest BCUT2D eigenvalue weighted by molar-refractivity contribution is 4.68. The van der Waals surface area contributed by atoms with Crippen LogP contribution in [0.2, 0.25) is 0 Å². The predicted molar refractivity (Wildman–Crippen MR) is 23.7 cm³/mol. The summed E-state index contributed by atoms with van der Waals surface area (Å²) in [5.74, 6) is -3.02.